The van der Waals surface area contributed by atoms with Crippen LogP contribution in [0.1, 0.15) is 109 Å². The van der Waals surface area contributed by atoms with Crippen LogP contribution in [-0.2, 0) is 0 Å². The van der Waals surface area contributed by atoms with E-state index in [9.17, 15) is 0 Å². The van der Waals surface area contributed by atoms with Crippen LogP contribution in [-0.4, -0.2) is 16.2 Å². The standard InChI is InChI=1S/C28H47BI/c29-17-8-11-21-19-27(21)28-26-15-7-6-14-24(26)25(16-18-30-28)23-13-5-4-12-22(23)20-9-2-1-3-10-20/h20-28H,1-19H2/q-1. The SMILES string of the molecule is [B]CCCC1CC1C1[I-]CCC(C2CCCCC2C2CCCCC2)C2CCCCC21. The molecule has 0 aromatic carbocycles. The summed E-state index contributed by atoms with van der Waals surface area (Å²) in [7, 11) is 5.84. The number of hydrogen-bond donors (Lipinski definition) is 0. The summed E-state index contributed by atoms with van der Waals surface area (Å²) in [4.78, 5) is 0. The number of fused-ring (bicyclic) bond motifs is 1. The number of hydrogen-bond acceptors (Lipinski definition) is 0. The number of halogens is 1. The predicted octanol–water partition coefficient (Wildman–Crippen LogP) is 4.66. The first-order valence-electron chi connectivity index (χ1n) is 14.1. The average molecular weight is 521 g/mol. The summed E-state index contributed by atoms with van der Waals surface area (Å²) >= 11 is 0.443. The van der Waals surface area contributed by atoms with Gasteiger partial charge in [-0.1, -0.05) is 0 Å². The molecule has 0 aromatic rings. The molecule has 5 aliphatic rings. The van der Waals surface area contributed by atoms with Gasteiger partial charge < -0.3 is 0 Å². The molecule has 1 aliphatic heterocycles. The van der Waals surface area contributed by atoms with Gasteiger partial charge in [0.15, 0.2) is 0 Å². The average Bonchev–Trinajstić information content (AvgIpc) is 3.60. The van der Waals surface area contributed by atoms with E-state index in [4.69, 9.17) is 7.85 Å². The summed E-state index contributed by atoms with van der Waals surface area (Å²) in [6, 6.07) is 0. The summed E-state index contributed by atoms with van der Waals surface area (Å²) in [5.74, 6) is 9.02. The molecule has 30 heavy (non-hydrogen) atoms. The maximum atomic E-state index is 5.84. The van der Waals surface area contributed by atoms with Crippen molar-refractivity contribution in [2.45, 2.75) is 119 Å². The van der Waals surface area contributed by atoms with Gasteiger partial charge in [0, 0.05) is 0 Å². The topological polar surface area (TPSA) is 0 Å². The molecular weight excluding hydrogens is 474 g/mol. The Morgan fingerprint density at radius 2 is 1.20 bits per heavy atom. The van der Waals surface area contributed by atoms with Crippen molar-refractivity contribution in [1.82, 2.24) is 0 Å². The Hall–Kier alpha value is 0.795. The molecule has 0 amide bonds. The zero-order valence-electron chi connectivity index (χ0n) is 19.6. The van der Waals surface area contributed by atoms with E-state index in [1.54, 1.807) is 94.3 Å². The van der Waals surface area contributed by atoms with Gasteiger partial charge in [0.2, 0.25) is 0 Å². The van der Waals surface area contributed by atoms with E-state index in [1.807, 2.05) is 0 Å². The van der Waals surface area contributed by atoms with Crippen LogP contribution < -0.4 is 21.2 Å². The van der Waals surface area contributed by atoms with Crippen molar-refractivity contribution in [1.29, 1.82) is 0 Å². The fourth-order valence-electron chi connectivity index (χ4n) is 8.96. The van der Waals surface area contributed by atoms with E-state index in [0.717, 1.165) is 53.7 Å². The second-order valence-electron chi connectivity index (χ2n) is 12.0. The fraction of sp³-hybridized carbons (Fsp3) is 1.00. The molecule has 0 bridgehead atoms. The molecule has 1 saturated heterocycles. The first kappa shape index (κ1) is 22.6. The van der Waals surface area contributed by atoms with Gasteiger partial charge in [-0.25, -0.2) is 0 Å². The molecule has 1 heterocycles. The van der Waals surface area contributed by atoms with Crippen molar-refractivity contribution in [2.24, 2.45) is 47.3 Å². The van der Waals surface area contributed by atoms with Crippen LogP contribution in [0.4, 0.5) is 0 Å². The third-order valence-corrected chi connectivity index (χ3v) is 14.5. The summed E-state index contributed by atoms with van der Waals surface area (Å²) in [6.07, 6.45) is 27.4. The Morgan fingerprint density at radius 3 is 1.93 bits per heavy atom. The third-order valence-electron chi connectivity index (χ3n) is 10.4. The van der Waals surface area contributed by atoms with Crippen molar-refractivity contribution >= 4 is 7.85 Å². The van der Waals surface area contributed by atoms with Crippen LogP contribution in [0, 0.1) is 47.3 Å². The Bertz CT molecular complexity index is 529. The summed E-state index contributed by atoms with van der Waals surface area (Å²) < 4.78 is 2.88. The second-order valence-corrected chi connectivity index (χ2v) is 15.4. The summed E-state index contributed by atoms with van der Waals surface area (Å²) in [5, 5.41) is 0. The minimum absolute atomic E-state index is 0.443. The van der Waals surface area contributed by atoms with Crippen molar-refractivity contribution in [3.63, 3.8) is 0 Å². The van der Waals surface area contributed by atoms with Gasteiger partial charge in [0.1, 0.15) is 0 Å². The number of rotatable bonds is 6. The molecule has 0 N–H and O–H groups in total. The Morgan fingerprint density at radius 1 is 0.600 bits per heavy atom. The second kappa shape index (κ2) is 10.8. The van der Waals surface area contributed by atoms with Crippen LogP contribution in [0.15, 0.2) is 0 Å². The van der Waals surface area contributed by atoms with Crippen LogP contribution in [0.5, 0.6) is 0 Å². The normalized spacial score (nSPS) is 45.7. The van der Waals surface area contributed by atoms with Crippen molar-refractivity contribution in [3.8, 4) is 0 Å². The van der Waals surface area contributed by atoms with E-state index < -0.39 is 0 Å². The number of alkyl halides is 2. The fourth-order valence-corrected chi connectivity index (χ4v) is 13.8. The van der Waals surface area contributed by atoms with Crippen molar-refractivity contribution in [3.05, 3.63) is 0 Å². The van der Waals surface area contributed by atoms with E-state index in [0.29, 0.717) is 21.2 Å². The summed E-state index contributed by atoms with van der Waals surface area (Å²) in [6.45, 7) is 0. The van der Waals surface area contributed by atoms with Crippen LogP contribution in [0.3, 0.4) is 0 Å². The molecule has 8 unspecified atom stereocenters. The van der Waals surface area contributed by atoms with Crippen LogP contribution in [0.25, 0.3) is 0 Å². The first-order valence-corrected chi connectivity index (χ1v) is 16.9. The molecule has 4 saturated carbocycles. The first-order chi connectivity index (χ1) is 14.9. The zero-order chi connectivity index (χ0) is 20.3. The molecule has 5 fully saturated rings. The van der Waals surface area contributed by atoms with Gasteiger partial charge in [-0.15, -0.1) is 0 Å². The molecular formula is C28H47BI-. The molecule has 2 radical (unpaired) electrons. The molecule has 0 spiro atoms. The van der Waals surface area contributed by atoms with Crippen LogP contribution in [0.2, 0.25) is 6.32 Å². The maximum absolute atomic E-state index is 5.84. The van der Waals surface area contributed by atoms with Gasteiger partial charge in [-0.05, 0) is 0 Å². The van der Waals surface area contributed by atoms with Crippen LogP contribution >= 0.6 is 0 Å². The quantitative estimate of drug-likeness (QED) is 0.271. The zero-order valence-corrected chi connectivity index (χ0v) is 21.7. The third kappa shape index (κ3) is 4.99. The van der Waals surface area contributed by atoms with Gasteiger partial charge in [0.05, 0.1) is 0 Å². The molecule has 170 valence electrons. The monoisotopic (exact) mass is 521 g/mol. The Labute approximate surface area is 199 Å². The molecule has 4 aliphatic carbocycles. The van der Waals surface area contributed by atoms with Crippen molar-refractivity contribution < 1.29 is 21.2 Å². The molecule has 0 nitrogen and oxygen atoms in total. The molecule has 5 rings (SSSR count). The van der Waals surface area contributed by atoms with E-state index in [-0.39, 0.29) is 0 Å². The summed E-state index contributed by atoms with van der Waals surface area (Å²) in [5.41, 5.74) is 0. The van der Waals surface area contributed by atoms with E-state index in [1.165, 1.54) is 23.2 Å². The Balaban J connectivity index is 1.31. The molecule has 8 atom stereocenters. The van der Waals surface area contributed by atoms with E-state index in [2.05, 4.69) is 0 Å². The Kier molecular flexibility index (Phi) is 8.14. The van der Waals surface area contributed by atoms with Gasteiger partial charge in [-0.3, -0.25) is 0 Å². The minimum atomic E-state index is 0.443. The molecule has 2 heteroatoms. The van der Waals surface area contributed by atoms with Crippen molar-refractivity contribution in [2.75, 3.05) is 4.43 Å². The van der Waals surface area contributed by atoms with E-state index >= 15 is 0 Å². The van der Waals surface area contributed by atoms with Gasteiger partial charge >= 0.3 is 200 Å². The van der Waals surface area contributed by atoms with Gasteiger partial charge in [-0.2, -0.15) is 0 Å². The molecule has 0 aromatic heterocycles. The predicted molar refractivity (Wildman–Crippen MR) is 126 cm³/mol. The van der Waals surface area contributed by atoms with Gasteiger partial charge in [0.25, 0.3) is 0 Å².